The van der Waals surface area contributed by atoms with E-state index >= 15 is 0 Å². The first-order valence-corrected chi connectivity index (χ1v) is 11.6. The Hall–Kier alpha value is -4.31. The number of nitrogens with zero attached hydrogens (tertiary/aromatic N) is 5. The molecule has 3 N–H and O–H groups in total. The average Bonchev–Trinajstić information content (AvgIpc) is 2.85. The highest BCUT2D eigenvalue weighted by Gasteiger charge is 2.20. The van der Waals surface area contributed by atoms with Gasteiger partial charge in [0.1, 0.15) is 11.6 Å². The number of para-hydroxylation sites is 2. The molecule has 10 heteroatoms. The molecule has 5 rings (SSSR count). The highest BCUT2D eigenvalue weighted by molar-refractivity contribution is 7.99. The summed E-state index contributed by atoms with van der Waals surface area (Å²) in [6.07, 6.45) is 0. The Bertz CT molecular complexity index is 1560. The molecular weight excluding hydrogens is 465 g/mol. The molecule has 0 aliphatic rings. The van der Waals surface area contributed by atoms with Crippen molar-refractivity contribution in [1.29, 1.82) is 0 Å². The van der Waals surface area contributed by atoms with E-state index in [9.17, 15) is 9.18 Å². The van der Waals surface area contributed by atoms with Crippen molar-refractivity contribution < 1.29 is 4.39 Å². The lowest BCUT2D eigenvalue weighted by molar-refractivity contribution is 0.627. The van der Waals surface area contributed by atoms with Crippen LogP contribution in [0.5, 0.6) is 0 Å². The number of thioether (sulfide) groups is 1. The molecule has 0 saturated carbocycles. The third-order valence-corrected chi connectivity index (χ3v) is 6.22. The van der Waals surface area contributed by atoms with Crippen molar-refractivity contribution in [3.8, 4) is 5.69 Å². The molecule has 0 aliphatic heterocycles. The summed E-state index contributed by atoms with van der Waals surface area (Å²) in [7, 11) is 0. The van der Waals surface area contributed by atoms with Crippen molar-refractivity contribution in [1.82, 2.24) is 24.5 Å². The van der Waals surface area contributed by atoms with Crippen LogP contribution in [0.4, 0.5) is 22.0 Å². The standard InChI is InChI=1S/C25H20FN7OS/c1-15(21-30-23(27)32-24(31-21)28-17-7-3-2-4-8-17)35-25-29-20-10-6-5-9-19(20)22(34)33(25)18-13-11-16(26)12-14-18/h2-15H,1H3,(H3,27,28,30,31,32). The Balaban J connectivity index is 1.54. The molecule has 5 aromatic rings. The van der Waals surface area contributed by atoms with Gasteiger partial charge in [-0.15, -0.1) is 0 Å². The van der Waals surface area contributed by atoms with Crippen LogP contribution in [0.15, 0.2) is 88.8 Å². The van der Waals surface area contributed by atoms with Gasteiger partial charge in [-0.2, -0.15) is 15.0 Å². The van der Waals surface area contributed by atoms with Crippen molar-refractivity contribution in [2.75, 3.05) is 11.1 Å². The molecule has 8 nitrogen and oxygen atoms in total. The number of hydrogen-bond acceptors (Lipinski definition) is 8. The van der Waals surface area contributed by atoms with Crippen molar-refractivity contribution in [2.24, 2.45) is 0 Å². The van der Waals surface area contributed by atoms with E-state index in [-0.39, 0.29) is 16.8 Å². The second-order valence-electron chi connectivity index (χ2n) is 7.66. The van der Waals surface area contributed by atoms with Crippen molar-refractivity contribution >= 4 is 40.2 Å². The van der Waals surface area contributed by atoms with Gasteiger partial charge >= 0.3 is 0 Å². The Morgan fingerprint density at radius 3 is 2.40 bits per heavy atom. The van der Waals surface area contributed by atoms with Gasteiger partial charge in [-0.3, -0.25) is 9.36 Å². The number of anilines is 3. The number of hydrogen-bond donors (Lipinski definition) is 2. The molecule has 0 fully saturated rings. The molecule has 0 spiro atoms. The lowest BCUT2D eigenvalue weighted by Gasteiger charge is -2.16. The first-order chi connectivity index (χ1) is 17.0. The molecule has 0 amide bonds. The molecule has 35 heavy (non-hydrogen) atoms. The van der Waals surface area contributed by atoms with Crippen LogP contribution in [0.25, 0.3) is 16.6 Å². The first kappa shape index (κ1) is 22.5. The van der Waals surface area contributed by atoms with Crippen LogP contribution in [0.3, 0.4) is 0 Å². The lowest BCUT2D eigenvalue weighted by atomic mass is 10.2. The summed E-state index contributed by atoms with van der Waals surface area (Å²) < 4.78 is 15.0. The zero-order valence-electron chi connectivity index (χ0n) is 18.6. The second-order valence-corrected chi connectivity index (χ2v) is 8.96. The fraction of sp³-hybridized carbons (Fsp3) is 0.0800. The molecular formula is C25H20FN7OS. The van der Waals surface area contributed by atoms with Crippen LogP contribution >= 0.6 is 11.8 Å². The van der Waals surface area contributed by atoms with Crippen LogP contribution in [0, 0.1) is 5.82 Å². The van der Waals surface area contributed by atoms with Crippen LogP contribution in [0.1, 0.15) is 18.0 Å². The van der Waals surface area contributed by atoms with Crippen LogP contribution in [-0.4, -0.2) is 24.5 Å². The minimum atomic E-state index is -0.391. The third kappa shape index (κ3) is 4.82. The van der Waals surface area contributed by atoms with Gasteiger partial charge in [0.05, 0.1) is 21.8 Å². The number of fused-ring (bicyclic) bond motifs is 1. The topological polar surface area (TPSA) is 112 Å². The van der Waals surface area contributed by atoms with E-state index in [0.717, 1.165) is 5.69 Å². The Morgan fingerprint density at radius 2 is 1.63 bits per heavy atom. The normalized spacial score (nSPS) is 11.9. The van der Waals surface area contributed by atoms with Gasteiger partial charge < -0.3 is 11.1 Å². The summed E-state index contributed by atoms with van der Waals surface area (Å²) in [4.78, 5) is 31.1. The molecule has 1 unspecified atom stereocenters. The molecule has 0 aliphatic carbocycles. The van der Waals surface area contributed by atoms with Crippen LogP contribution in [-0.2, 0) is 0 Å². The molecule has 3 aromatic carbocycles. The summed E-state index contributed by atoms with van der Waals surface area (Å²) in [5.41, 5.74) is 7.59. The largest absolute Gasteiger partial charge is 0.368 e. The van der Waals surface area contributed by atoms with Crippen molar-refractivity contribution in [2.45, 2.75) is 17.3 Å². The molecule has 2 aromatic heterocycles. The number of rotatable bonds is 6. The Morgan fingerprint density at radius 1 is 0.914 bits per heavy atom. The SMILES string of the molecule is CC(Sc1nc2ccccc2c(=O)n1-c1ccc(F)cc1)c1nc(N)nc(Nc2ccccc2)n1. The number of halogens is 1. The predicted molar refractivity (Wildman–Crippen MR) is 136 cm³/mol. The number of nitrogens with two attached hydrogens (primary N) is 1. The van der Waals surface area contributed by atoms with E-state index in [1.54, 1.807) is 30.3 Å². The molecule has 174 valence electrons. The highest BCUT2D eigenvalue weighted by Crippen LogP contribution is 2.34. The fourth-order valence-electron chi connectivity index (χ4n) is 3.52. The maximum atomic E-state index is 13.6. The van der Waals surface area contributed by atoms with Gasteiger partial charge in [0.2, 0.25) is 11.9 Å². The average molecular weight is 486 g/mol. The Labute approximate surface area is 204 Å². The smallest absolute Gasteiger partial charge is 0.266 e. The van der Waals surface area contributed by atoms with E-state index in [0.29, 0.717) is 33.5 Å². The van der Waals surface area contributed by atoms with E-state index in [2.05, 4.69) is 20.3 Å². The predicted octanol–water partition coefficient (Wildman–Crippen LogP) is 4.89. The van der Waals surface area contributed by atoms with E-state index in [1.165, 1.54) is 28.5 Å². The van der Waals surface area contributed by atoms with Gasteiger partial charge in [0.15, 0.2) is 5.16 Å². The molecule has 0 radical (unpaired) electrons. The van der Waals surface area contributed by atoms with E-state index < -0.39 is 5.82 Å². The second kappa shape index (κ2) is 9.51. The quantitative estimate of drug-likeness (QED) is 0.258. The lowest BCUT2D eigenvalue weighted by Crippen LogP contribution is -2.22. The summed E-state index contributed by atoms with van der Waals surface area (Å²) in [5.74, 6) is 0.419. The molecule has 1 atom stereocenters. The number of nitrogen functional groups attached to an aromatic ring is 1. The summed E-state index contributed by atoms with van der Waals surface area (Å²) in [6, 6.07) is 22.3. The monoisotopic (exact) mass is 485 g/mol. The van der Waals surface area contributed by atoms with Crippen LogP contribution < -0.4 is 16.6 Å². The Kier molecular flexibility index (Phi) is 6.11. The zero-order valence-corrected chi connectivity index (χ0v) is 19.4. The summed E-state index contributed by atoms with van der Waals surface area (Å²) >= 11 is 1.30. The first-order valence-electron chi connectivity index (χ1n) is 10.8. The fourth-order valence-corrected chi connectivity index (χ4v) is 4.49. The molecule has 2 heterocycles. The van der Waals surface area contributed by atoms with Gasteiger partial charge in [-0.25, -0.2) is 9.37 Å². The molecule has 0 bridgehead atoms. The molecule has 0 saturated heterocycles. The number of nitrogens with one attached hydrogen (secondary N) is 1. The zero-order chi connectivity index (χ0) is 24.4. The minimum absolute atomic E-state index is 0.0725. The van der Waals surface area contributed by atoms with Gasteiger partial charge in [0.25, 0.3) is 5.56 Å². The van der Waals surface area contributed by atoms with Gasteiger partial charge in [-0.1, -0.05) is 42.1 Å². The summed E-state index contributed by atoms with van der Waals surface area (Å²) in [5, 5.41) is 3.67. The number of benzene rings is 3. The van der Waals surface area contributed by atoms with Crippen molar-refractivity contribution in [3.05, 3.63) is 101 Å². The van der Waals surface area contributed by atoms with Gasteiger partial charge in [0, 0.05) is 5.69 Å². The van der Waals surface area contributed by atoms with Gasteiger partial charge in [-0.05, 0) is 55.5 Å². The van der Waals surface area contributed by atoms with E-state index in [1.807, 2.05) is 43.3 Å². The highest BCUT2D eigenvalue weighted by atomic mass is 32.2. The number of aromatic nitrogens is 5. The van der Waals surface area contributed by atoms with Crippen molar-refractivity contribution in [3.63, 3.8) is 0 Å². The van der Waals surface area contributed by atoms with Crippen LogP contribution in [0.2, 0.25) is 0 Å². The maximum absolute atomic E-state index is 13.6. The summed E-state index contributed by atoms with van der Waals surface area (Å²) in [6.45, 7) is 1.89. The maximum Gasteiger partial charge on any atom is 0.266 e. The minimum Gasteiger partial charge on any atom is -0.368 e. The van der Waals surface area contributed by atoms with E-state index in [4.69, 9.17) is 10.7 Å². The third-order valence-electron chi connectivity index (χ3n) is 5.18.